The predicted octanol–water partition coefficient (Wildman–Crippen LogP) is 12.0. The second-order valence-corrected chi connectivity index (χ2v) is 11.0. The monoisotopic (exact) mass is 611 g/mol. The van der Waals surface area contributed by atoms with Gasteiger partial charge in [0.2, 0.25) is 0 Å². The van der Waals surface area contributed by atoms with Gasteiger partial charge in [-0.15, -0.1) is 0 Å². The Hall–Kier alpha value is -6.25. The molecule has 0 aliphatic rings. The van der Waals surface area contributed by atoms with Crippen LogP contribution in [0.4, 0.5) is 0 Å². The summed E-state index contributed by atoms with van der Waals surface area (Å²) in [5.74, 6) is 0.257. The van der Waals surface area contributed by atoms with Crippen LogP contribution < -0.4 is 0 Å². The van der Waals surface area contributed by atoms with Gasteiger partial charge < -0.3 is 0 Å². The van der Waals surface area contributed by atoms with E-state index in [2.05, 4.69) is 0 Å². The zero-order chi connectivity index (χ0) is 42.5. The summed E-state index contributed by atoms with van der Waals surface area (Å²) < 4.78 is 117. The highest BCUT2D eigenvalue weighted by molar-refractivity contribution is 6.22. The van der Waals surface area contributed by atoms with E-state index in [0.29, 0.717) is 33.3 Å². The average Bonchev–Trinajstić information content (AvgIpc) is 3.66. The largest absolute Gasteiger partial charge is 0.292 e. The molecule has 0 saturated carbocycles. The van der Waals surface area contributed by atoms with Crippen LogP contribution in [0.1, 0.15) is 17.8 Å². The molecule has 1 aromatic heterocycles. The molecule has 2 nitrogen and oxygen atoms in total. The van der Waals surface area contributed by atoms with Crippen molar-refractivity contribution in [2.24, 2.45) is 0 Å². The van der Waals surface area contributed by atoms with Crippen LogP contribution in [0.25, 0.3) is 83.0 Å². The Bertz CT molecular complexity index is 3180. The van der Waals surface area contributed by atoms with Crippen LogP contribution in [0.5, 0.6) is 0 Å². The van der Waals surface area contributed by atoms with Gasteiger partial charge in [0.05, 0.1) is 28.9 Å². The van der Waals surface area contributed by atoms with Crippen LogP contribution in [0.2, 0.25) is 0 Å². The van der Waals surface area contributed by atoms with Crippen molar-refractivity contribution in [2.45, 2.75) is 0 Å². The van der Waals surface area contributed by atoms with Gasteiger partial charge >= 0.3 is 0 Å². The number of imidazole rings is 1. The Morgan fingerprint density at radius 2 is 0.957 bits per heavy atom. The molecule has 0 aliphatic carbocycles. The highest BCUT2D eigenvalue weighted by atomic mass is 15.1. The van der Waals surface area contributed by atoms with Crippen molar-refractivity contribution in [3.63, 3.8) is 0 Å². The third kappa shape index (κ3) is 4.54. The molecule has 9 aromatic rings. The Balaban J connectivity index is 1.39. The van der Waals surface area contributed by atoms with Crippen molar-refractivity contribution in [1.82, 2.24) is 9.55 Å². The molecule has 0 aliphatic heterocycles. The molecule has 47 heavy (non-hydrogen) atoms. The maximum absolute atomic E-state index is 9.37. The number of aromatic nitrogens is 2. The van der Waals surface area contributed by atoms with Crippen molar-refractivity contribution in [1.29, 1.82) is 0 Å². The van der Waals surface area contributed by atoms with Gasteiger partial charge in [-0.25, -0.2) is 4.98 Å². The fraction of sp³-hybridized carbons (Fsp3) is 0. The molecule has 9 rings (SSSR count). The zero-order valence-electron chi connectivity index (χ0n) is 37.7. The third-order valence-corrected chi connectivity index (χ3v) is 8.36. The summed E-state index contributed by atoms with van der Waals surface area (Å²) in [4.78, 5) is 4.82. The number of para-hydroxylation sites is 3. The summed E-state index contributed by atoms with van der Waals surface area (Å²) in [5, 5.41) is 0.305. The van der Waals surface area contributed by atoms with Gasteiger partial charge in [-0.05, 0) is 79.1 Å². The van der Waals surface area contributed by atoms with Crippen LogP contribution in [0.15, 0.2) is 182 Å². The summed E-state index contributed by atoms with van der Waals surface area (Å²) in [7, 11) is 0. The average molecular weight is 612 g/mol. The number of hydrogen-bond acceptors (Lipinski definition) is 1. The number of rotatable bonds is 5. The number of nitrogens with zero attached hydrogens (tertiary/aromatic N) is 2. The standard InChI is InChI=1S/C45H30N2/c1-3-15-31(16-4-1)35-19-7-8-20-36(35)44-39-23-11-9-21-37(39)43(38-22-10-12-24-40(38)44)32-27-29-33(30-28-32)45-46-41-25-13-14-26-42(41)47(45)34-17-5-2-6-18-34/h1-30H/i2D,5D,6D,9D,10D,11D,12D,17D,18D,21D,22D,23D,24D. The summed E-state index contributed by atoms with van der Waals surface area (Å²) in [6, 6.07) is 24.4. The van der Waals surface area contributed by atoms with E-state index in [-0.39, 0.29) is 68.4 Å². The van der Waals surface area contributed by atoms with Crippen LogP contribution in [0, 0.1) is 0 Å². The molecule has 220 valence electrons. The molecule has 0 unspecified atom stereocenters. The second kappa shape index (κ2) is 11.3. The van der Waals surface area contributed by atoms with Crippen LogP contribution >= 0.6 is 0 Å². The molecule has 0 spiro atoms. The predicted molar refractivity (Wildman–Crippen MR) is 198 cm³/mol. The third-order valence-electron chi connectivity index (χ3n) is 8.36. The first-order valence-corrected chi connectivity index (χ1v) is 15.0. The van der Waals surface area contributed by atoms with Crippen LogP contribution in [-0.4, -0.2) is 9.55 Å². The molecular weight excluding hydrogens is 569 g/mol. The molecule has 8 aromatic carbocycles. The molecule has 0 saturated heterocycles. The molecule has 0 amide bonds. The normalized spacial score (nSPS) is 15.3. The van der Waals surface area contributed by atoms with E-state index in [4.69, 9.17) is 17.3 Å². The lowest BCUT2D eigenvalue weighted by molar-refractivity contribution is 1.10. The van der Waals surface area contributed by atoms with Crippen LogP contribution in [-0.2, 0) is 0 Å². The molecular formula is C45H30N2. The van der Waals surface area contributed by atoms with Crippen molar-refractivity contribution < 1.29 is 17.8 Å². The number of benzene rings is 8. The van der Waals surface area contributed by atoms with Gasteiger partial charge in [0.1, 0.15) is 5.82 Å². The lowest BCUT2D eigenvalue weighted by Crippen LogP contribution is -1.97. The lowest BCUT2D eigenvalue weighted by atomic mass is 9.84. The maximum Gasteiger partial charge on any atom is 0.145 e. The number of fused-ring (bicyclic) bond motifs is 3. The summed E-state index contributed by atoms with van der Waals surface area (Å²) >= 11 is 0. The molecule has 0 fully saturated rings. The molecule has 0 N–H and O–H groups in total. The van der Waals surface area contributed by atoms with Gasteiger partial charge in [-0.3, -0.25) is 4.57 Å². The quantitative estimate of drug-likeness (QED) is 0.177. The summed E-state index contributed by atoms with van der Waals surface area (Å²) in [6.07, 6.45) is 0. The second-order valence-electron chi connectivity index (χ2n) is 11.0. The Morgan fingerprint density at radius 1 is 0.426 bits per heavy atom. The van der Waals surface area contributed by atoms with Gasteiger partial charge in [0, 0.05) is 11.3 Å². The summed E-state index contributed by atoms with van der Waals surface area (Å²) in [5.41, 5.74) is 4.15. The van der Waals surface area contributed by atoms with E-state index in [1.54, 1.807) is 60.7 Å². The van der Waals surface area contributed by atoms with E-state index in [1.165, 1.54) is 4.57 Å². The minimum atomic E-state index is -0.533. The minimum Gasteiger partial charge on any atom is -0.292 e. The maximum atomic E-state index is 9.37. The first-order valence-electron chi connectivity index (χ1n) is 21.5. The minimum absolute atomic E-state index is 0.0653. The molecule has 2 heteroatoms. The topological polar surface area (TPSA) is 17.8 Å². The zero-order valence-corrected chi connectivity index (χ0v) is 24.7. The van der Waals surface area contributed by atoms with Crippen molar-refractivity contribution >= 4 is 32.6 Å². The lowest BCUT2D eigenvalue weighted by Gasteiger charge is -2.20. The fourth-order valence-corrected chi connectivity index (χ4v) is 6.34. The van der Waals surface area contributed by atoms with Crippen molar-refractivity contribution in [3.8, 4) is 50.5 Å². The smallest absolute Gasteiger partial charge is 0.145 e. The highest BCUT2D eigenvalue weighted by Gasteiger charge is 2.19. The van der Waals surface area contributed by atoms with Gasteiger partial charge in [0.25, 0.3) is 0 Å². The molecule has 0 radical (unpaired) electrons. The summed E-state index contributed by atoms with van der Waals surface area (Å²) in [6.45, 7) is 0. The van der Waals surface area contributed by atoms with E-state index in [1.807, 2.05) is 42.5 Å². The van der Waals surface area contributed by atoms with E-state index in [0.717, 1.165) is 5.56 Å². The Kier molecular flexibility index (Phi) is 4.05. The van der Waals surface area contributed by atoms with E-state index >= 15 is 0 Å². The van der Waals surface area contributed by atoms with E-state index in [9.17, 15) is 5.48 Å². The Labute approximate surface area is 292 Å². The highest BCUT2D eigenvalue weighted by Crippen LogP contribution is 2.46. The molecule has 0 atom stereocenters. The first-order chi connectivity index (χ1) is 28.7. The molecule has 1 heterocycles. The SMILES string of the molecule is [2H]c1c([2H])c([2H])c(-n2c(-c3ccc(-c4c5c([2H])c([2H])c([2H])c([2H])c5c(-c5ccccc5-c5ccccc5)c5c([2H])c([2H])c([2H])c([2H])c45)cc3)nc3ccccc32)c([2H])c1[2H]. The van der Waals surface area contributed by atoms with Gasteiger partial charge in [0.15, 0.2) is 0 Å². The molecule has 0 bridgehead atoms. The number of hydrogen-bond donors (Lipinski definition) is 0. The fourth-order valence-electron chi connectivity index (χ4n) is 6.34. The van der Waals surface area contributed by atoms with Gasteiger partial charge in [-0.2, -0.15) is 0 Å². The van der Waals surface area contributed by atoms with Gasteiger partial charge in [-0.1, -0.05) is 157 Å². The Morgan fingerprint density at radius 3 is 1.64 bits per heavy atom. The van der Waals surface area contributed by atoms with E-state index < -0.39 is 54.4 Å². The van der Waals surface area contributed by atoms with Crippen molar-refractivity contribution in [2.75, 3.05) is 0 Å². The van der Waals surface area contributed by atoms with Crippen LogP contribution in [0.3, 0.4) is 0 Å². The van der Waals surface area contributed by atoms with Crippen molar-refractivity contribution in [3.05, 3.63) is 182 Å². The first kappa shape index (κ1) is 16.9.